The molecule has 5 nitrogen and oxygen atoms in total. The van der Waals surface area contributed by atoms with Gasteiger partial charge < -0.3 is 10.0 Å². The number of benzene rings is 1. The molecule has 1 unspecified atom stereocenters. The summed E-state index contributed by atoms with van der Waals surface area (Å²) < 4.78 is 0. The van der Waals surface area contributed by atoms with Crippen LogP contribution in [0.2, 0.25) is 0 Å². The molecule has 0 aliphatic carbocycles. The van der Waals surface area contributed by atoms with Crippen molar-refractivity contribution < 1.29 is 14.7 Å². The zero-order valence-electron chi connectivity index (χ0n) is 12.0. The van der Waals surface area contributed by atoms with Crippen molar-refractivity contribution in [2.45, 2.75) is 26.0 Å². The smallest absolute Gasteiger partial charge is 0.261 e. The highest BCUT2D eigenvalue weighted by molar-refractivity contribution is 6.21. The fourth-order valence-corrected chi connectivity index (χ4v) is 2.22. The van der Waals surface area contributed by atoms with E-state index in [4.69, 9.17) is 0 Å². The van der Waals surface area contributed by atoms with Crippen LogP contribution in [0.3, 0.4) is 0 Å². The molecule has 1 N–H and O–H groups in total. The molecule has 2 amide bonds. The van der Waals surface area contributed by atoms with Crippen LogP contribution in [0.5, 0.6) is 0 Å². The van der Waals surface area contributed by atoms with Crippen molar-refractivity contribution in [3.05, 3.63) is 35.4 Å². The van der Waals surface area contributed by atoms with Crippen LogP contribution in [0.1, 0.15) is 34.6 Å². The molecule has 0 spiro atoms. The first-order chi connectivity index (χ1) is 9.41. The van der Waals surface area contributed by atoms with Crippen molar-refractivity contribution in [3.8, 4) is 0 Å². The molecule has 1 aliphatic heterocycles. The maximum Gasteiger partial charge on any atom is 0.261 e. The SMILES string of the molecule is CC(C)N(C)CC(O)CN1C(=O)c2ccccc2C1=O. The number of carbonyl (C=O) groups excluding carboxylic acids is 2. The summed E-state index contributed by atoms with van der Waals surface area (Å²) >= 11 is 0. The molecule has 0 saturated carbocycles. The van der Waals surface area contributed by atoms with E-state index in [0.29, 0.717) is 23.7 Å². The van der Waals surface area contributed by atoms with Crippen molar-refractivity contribution >= 4 is 11.8 Å². The van der Waals surface area contributed by atoms with Crippen LogP contribution in [0.4, 0.5) is 0 Å². The second-order valence-corrected chi connectivity index (χ2v) is 5.45. The quantitative estimate of drug-likeness (QED) is 0.815. The van der Waals surface area contributed by atoms with Crippen molar-refractivity contribution in [1.82, 2.24) is 9.80 Å². The van der Waals surface area contributed by atoms with Crippen LogP contribution >= 0.6 is 0 Å². The Hall–Kier alpha value is -1.72. The van der Waals surface area contributed by atoms with Crippen LogP contribution in [-0.2, 0) is 0 Å². The monoisotopic (exact) mass is 276 g/mol. The number of aliphatic hydroxyl groups is 1. The molecule has 1 atom stereocenters. The standard InChI is InChI=1S/C15H20N2O3/c1-10(2)16(3)8-11(18)9-17-14(19)12-6-4-5-7-13(12)15(17)20/h4-7,10-11,18H,8-9H2,1-3H3. The van der Waals surface area contributed by atoms with Crippen molar-refractivity contribution in [2.75, 3.05) is 20.1 Å². The number of imide groups is 1. The highest BCUT2D eigenvalue weighted by Crippen LogP contribution is 2.22. The molecule has 0 radical (unpaired) electrons. The highest BCUT2D eigenvalue weighted by Gasteiger charge is 2.36. The van der Waals surface area contributed by atoms with E-state index in [1.807, 2.05) is 25.8 Å². The maximum atomic E-state index is 12.1. The van der Waals surface area contributed by atoms with Gasteiger partial charge in [-0.05, 0) is 33.0 Å². The van der Waals surface area contributed by atoms with E-state index < -0.39 is 6.10 Å². The molecule has 1 aromatic carbocycles. The Morgan fingerprint density at radius 3 is 2.10 bits per heavy atom. The molecule has 2 rings (SSSR count). The molecule has 0 aromatic heterocycles. The lowest BCUT2D eigenvalue weighted by atomic mass is 10.1. The number of aliphatic hydroxyl groups excluding tert-OH is 1. The minimum Gasteiger partial charge on any atom is -0.390 e. The third-order valence-corrected chi connectivity index (χ3v) is 3.65. The largest absolute Gasteiger partial charge is 0.390 e. The number of hydrogen-bond acceptors (Lipinski definition) is 4. The van der Waals surface area contributed by atoms with E-state index in [9.17, 15) is 14.7 Å². The number of hydrogen-bond donors (Lipinski definition) is 1. The minimum atomic E-state index is -0.746. The summed E-state index contributed by atoms with van der Waals surface area (Å²) in [7, 11) is 1.90. The molecule has 0 fully saturated rings. The van der Waals surface area contributed by atoms with E-state index in [-0.39, 0.29) is 18.4 Å². The molecule has 20 heavy (non-hydrogen) atoms. The molecule has 108 valence electrons. The Labute approximate surface area is 118 Å². The average Bonchev–Trinajstić information content (AvgIpc) is 2.64. The number of carbonyl (C=O) groups is 2. The van der Waals surface area contributed by atoms with Gasteiger partial charge in [0.25, 0.3) is 11.8 Å². The van der Waals surface area contributed by atoms with Gasteiger partial charge in [-0.1, -0.05) is 12.1 Å². The van der Waals surface area contributed by atoms with Gasteiger partial charge in [0, 0.05) is 12.6 Å². The molecule has 1 aromatic rings. The lowest BCUT2D eigenvalue weighted by molar-refractivity contribution is 0.0473. The lowest BCUT2D eigenvalue weighted by Crippen LogP contribution is -2.43. The zero-order chi connectivity index (χ0) is 14.9. The zero-order valence-corrected chi connectivity index (χ0v) is 12.0. The second kappa shape index (κ2) is 5.73. The number of rotatable bonds is 5. The van der Waals surface area contributed by atoms with Crippen LogP contribution in [0.25, 0.3) is 0 Å². The molecule has 1 aliphatic rings. The number of nitrogens with zero attached hydrogens (tertiary/aromatic N) is 2. The topological polar surface area (TPSA) is 60.9 Å². The van der Waals surface area contributed by atoms with E-state index in [1.165, 1.54) is 0 Å². The fourth-order valence-electron chi connectivity index (χ4n) is 2.22. The van der Waals surface area contributed by atoms with Gasteiger partial charge in [-0.2, -0.15) is 0 Å². The Balaban J connectivity index is 2.05. The highest BCUT2D eigenvalue weighted by atomic mass is 16.3. The van der Waals surface area contributed by atoms with Gasteiger partial charge in [0.2, 0.25) is 0 Å². The van der Waals surface area contributed by atoms with Crippen molar-refractivity contribution in [2.24, 2.45) is 0 Å². The number of fused-ring (bicyclic) bond motifs is 1. The van der Waals surface area contributed by atoms with Gasteiger partial charge in [-0.15, -0.1) is 0 Å². The summed E-state index contributed by atoms with van der Waals surface area (Å²) in [5.41, 5.74) is 0.837. The van der Waals surface area contributed by atoms with Gasteiger partial charge >= 0.3 is 0 Å². The summed E-state index contributed by atoms with van der Waals surface area (Å²) in [4.78, 5) is 27.4. The Kier molecular flexibility index (Phi) is 4.20. The van der Waals surface area contributed by atoms with E-state index in [2.05, 4.69) is 0 Å². The van der Waals surface area contributed by atoms with Crippen LogP contribution in [0, 0.1) is 0 Å². The molecular formula is C15H20N2O3. The van der Waals surface area contributed by atoms with E-state index in [1.54, 1.807) is 24.3 Å². The first-order valence-electron chi connectivity index (χ1n) is 6.75. The van der Waals surface area contributed by atoms with E-state index >= 15 is 0 Å². The fraction of sp³-hybridized carbons (Fsp3) is 0.467. The summed E-state index contributed by atoms with van der Waals surface area (Å²) in [6, 6.07) is 7.05. The molecule has 5 heteroatoms. The third-order valence-electron chi connectivity index (χ3n) is 3.65. The molecule has 0 bridgehead atoms. The minimum absolute atomic E-state index is 0.0312. The van der Waals surface area contributed by atoms with Gasteiger partial charge in [-0.3, -0.25) is 14.5 Å². The second-order valence-electron chi connectivity index (χ2n) is 5.45. The maximum absolute atomic E-state index is 12.1. The number of β-amino-alcohol motifs (C(OH)–C–C–N with tert-alkyl or cyclic N) is 1. The molecular weight excluding hydrogens is 256 g/mol. The summed E-state index contributed by atoms with van der Waals surface area (Å²) in [6.07, 6.45) is -0.746. The van der Waals surface area contributed by atoms with Crippen molar-refractivity contribution in [1.29, 1.82) is 0 Å². The molecule has 0 saturated heterocycles. The van der Waals surface area contributed by atoms with Gasteiger partial charge in [0.1, 0.15) is 0 Å². The first-order valence-corrected chi connectivity index (χ1v) is 6.75. The number of amides is 2. The lowest BCUT2D eigenvalue weighted by Gasteiger charge is -2.26. The van der Waals surface area contributed by atoms with Gasteiger partial charge in [0.15, 0.2) is 0 Å². The van der Waals surface area contributed by atoms with Crippen LogP contribution < -0.4 is 0 Å². The normalized spacial score (nSPS) is 16.2. The summed E-state index contributed by atoms with van der Waals surface area (Å²) in [5.74, 6) is -0.645. The average molecular weight is 276 g/mol. The summed E-state index contributed by atoms with van der Waals surface area (Å²) in [5, 5.41) is 10.1. The summed E-state index contributed by atoms with van der Waals surface area (Å²) in [6.45, 7) is 4.50. The predicted molar refractivity (Wildman–Crippen MR) is 75.6 cm³/mol. The Morgan fingerprint density at radius 1 is 1.15 bits per heavy atom. The van der Waals surface area contributed by atoms with Gasteiger partial charge in [0.05, 0.1) is 23.8 Å². The molecule has 1 heterocycles. The Morgan fingerprint density at radius 2 is 1.65 bits per heavy atom. The van der Waals surface area contributed by atoms with Gasteiger partial charge in [-0.25, -0.2) is 0 Å². The van der Waals surface area contributed by atoms with Crippen LogP contribution in [0.15, 0.2) is 24.3 Å². The van der Waals surface area contributed by atoms with Crippen LogP contribution in [-0.4, -0.2) is 59.0 Å². The predicted octanol–water partition coefficient (Wildman–Crippen LogP) is 0.984. The third kappa shape index (κ3) is 2.73. The Bertz CT molecular complexity index is 493. The van der Waals surface area contributed by atoms with E-state index in [0.717, 1.165) is 4.90 Å². The number of likely N-dealkylation sites (N-methyl/N-ethyl adjacent to an activating group) is 1. The first kappa shape index (κ1) is 14.7. The van der Waals surface area contributed by atoms with Crippen molar-refractivity contribution in [3.63, 3.8) is 0 Å².